The van der Waals surface area contributed by atoms with Crippen LogP contribution in [-0.2, 0) is 4.74 Å². The van der Waals surface area contributed by atoms with Crippen molar-refractivity contribution in [1.29, 1.82) is 0 Å². The van der Waals surface area contributed by atoms with Crippen LogP contribution in [-0.4, -0.2) is 65.8 Å². The van der Waals surface area contributed by atoms with Crippen LogP contribution in [0.2, 0.25) is 0 Å². The Morgan fingerprint density at radius 1 is 1.40 bits per heavy atom. The van der Waals surface area contributed by atoms with Crippen molar-refractivity contribution in [3.63, 3.8) is 0 Å². The van der Waals surface area contributed by atoms with E-state index in [9.17, 15) is 0 Å². The van der Waals surface area contributed by atoms with Crippen LogP contribution in [0.15, 0.2) is 18.6 Å². The van der Waals surface area contributed by atoms with E-state index >= 15 is 0 Å². The van der Waals surface area contributed by atoms with Gasteiger partial charge in [-0.25, -0.2) is 9.97 Å². The number of morpholine rings is 1. The molecule has 108 valence electrons. The number of aromatic amines is 1. The van der Waals surface area contributed by atoms with E-state index in [2.05, 4.69) is 38.7 Å². The molecular weight excluding hydrogens is 254 g/mol. The Labute approximate surface area is 118 Å². The first-order valence-corrected chi connectivity index (χ1v) is 7.06. The van der Waals surface area contributed by atoms with Crippen LogP contribution in [0.3, 0.4) is 0 Å². The number of H-pyrrole nitrogens is 1. The summed E-state index contributed by atoms with van der Waals surface area (Å²) in [5.74, 6) is 0.983. The fraction of sp³-hybridized carbons (Fsp3) is 0.571. The molecule has 0 bridgehead atoms. The van der Waals surface area contributed by atoms with Crippen molar-refractivity contribution < 1.29 is 4.74 Å². The van der Waals surface area contributed by atoms with Gasteiger partial charge in [0.25, 0.3) is 0 Å². The average Bonchev–Trinajstić information content (AvgIpc) is 2.96. The monoisotopic (exact) mass is 275 g/mol. The third kappa shape index (κ3) is 2.62. The number of fused-ring (bicyclic) bond motifs is 1. The molecule has 1 saturated heterocycles. The third-order valence-corrected chi connectivity index (χ3v) is 3.90. The first-order chi connectivity index (χ1) is 9.75. The quantitative estimate of drug-likeness (QED) is 0.906. The highest BCUT2D eigenvalue weighted by Crippen LogP contribution is 2.21. The van der Waals surface area contributed by atoms with E-state index in [1.165, 1.54) is 0 Å². The molecular formula is C14H21N5O. The normalized spacial score (nSPS) is 18.3. The number of ether oxygens (including phenoxy) is 1. The van der Waals surface area contributed by atoms with Gasteiger partial charge in [0, 0.05) is 38.9 Å². The van der Waals surface area contributed by atoms with Crippen molar-refractivity contribution in [1.82, 2.24) is 19.9 Å². The summed E-state index contributed by atoms with van der Waals surface area (Å²) in [6.07, 6.45) is 3.52. The molecule has 1 fully saturated rings. The highest BCUT2D eigenvalue weighted by molar-refractivity contribution is 5.87. The molecule has 1 aliphatic rings. The molecule has 2 aromatic rings. The predicted octanol–water partition coefficient (Wildman–Crippen LogP) is 1.11. The topological polar surface area (TPSA) is 57.3 Å². The lowest BCUT2D eigenvalue weighted by molar-refractivity contribution is 0.0218. The van der Waals surface area contributed by atoms with Crippen LogP contribution >= 0.6 is 0 Å². The van der Waals surface area contributed by atoms with Crippen LogP contribution in [0.1, 0.15) is 6.92 Å². The molecule has 2 aromatic heterocycles. The molecule has 6 nitrogen and oxygen atoms in total. The van der Waals surface area contributed by atoms with Crippen molar-refractivity contribution in [3.05, 3.63) is 18.6 Å². The molecule has 0 spiro atoms. The summed E-state index contributed by atoms with van der Waals surface area (Å²) < 4.78 is 5.41. The summed E-state index contributed by atoms with van der Waals surface area (Å²) in [6, 6.07) is 2.51. The molecule has 3 rings (SSSR count). The van der Waals surface area contributed by atoms with Crippen molar-refractivity contribution in [2.75, 3.05) is 44.8 Å². The van der Waals surface area contributed by atoms with Crippen LogP contribution in [0.25, 0.3) is 11.0 Å². The molecule has 0 amide bonds. The zero-order valence-corrected chi connectivity index (χ0v) is 12.0. The lowest BCUT2D eigenvalue weighted by Gasteiger charge is -2.34. The largest absolute Gasteiger partial charge is 0.379 e. The van der Waals surface area contributed by atoms with Gasteiger partial charge in [-0.15, -0.1) is 0 Å². The van der Waals surface area contributed by atoms with E-state index in [0.717, 1.165) is 49.7 Å². The van der Waals surface area contributed by atoms with Crippen molar-refractivity contribution in [2.24, 2.45) is 0 Å². The second-order valence-corrected chi connectivity index (χ2v) is 5.32. The molecule has 0 radical (unpaired) electrons. The van der Waals surface area contributed by atoms with Crippen molar-refractivity contribution in [3.8, 4) is 0 Å². The Hall–Kier alpha value is -1.66. The van der Waals surface area contributed by atoms with E-state index in [1.54, 1.807) is 6.33 Å². The zero-order chi connectivity index (χ0) is 13.9. The molecule has 0 aliphatic carbocycles. The van der Waals surface area contributed by atoms with Crippen LogP contribution < -0.4 is 4.90 Å². The molecule has 6 heteroatoms. The molecule has 20 heavy (non-hydrogen) atoms. The van der Waals surface area contributed by atoms with E-state index in [-0.39, 0.29) is 0 Å². The van der Waals surface area contributed by atoms with Crippen LogP contribution in [0.5, 0.6) is 0 Å². The standard InChI is InChI=1S/C14H21N5O/c1-11(19-5-7-20-8-6-19)9-18(2)14-12-3-4-15-13(12)16-10-17-14/h3-4,10-11H,5-9H2,1-2H3,(H,15,16,17)/t11-/m1/s1. The van der Waals surface area contributed by atoms with E-state index < -0.39 is 0 Å². The Morgan fingerprint density at radius 3 is 3.00 bits per heavy atom. The van der Waals surface area contributed by atoms with Crippen molar-refractivity contribution >= 4 is 16.9 Å². The van der Waals surface area contributed by atoms with Crippen LogP contribution in [0.4, 0.5) is 5.82 Å². The zero-order valence-electron chi connectivity index (χ0n) is 12.0. The summed E-state index contributed by atoms with van der Waals surface area (Å²) in [4.78, 5) is 16.5. The van der Waals surface area contributed by atoms with Gasteiger partial charge in [0.05, 0.1) is 18.6 Å². The van der Waals surface area contributed by atoms with E-state index in [1.807, 2.05) is 12.3 Å². The minimum Gasteiger partial charge on any atom is -0.379 e. The summed E-state index contributed by atoms with van der Waals surface area (Å²) in [5, 5.41) is 1.07. The highest BCUT2D eigenvalue weighted by Gasteiger charge is 2.19. The molecule has 1 N–H and O–H groups in total. The summed E-state index contributed by atoms with van der Waals surface area (Å²) in [7, 11) is 2.09. The van der Waals surface area contributed by atoms with Gasteiger partial charge in [0.1, 0.15) is 17.8 Å². The smallest absolute Gasteiger partial charge is 0.142 e. The Kier molecular flexibility index (Phi) is 3.84. The number of nitrogens with zero attached hydrogens (tertiary/aromatic N) is 4. The Morgan fingerprint density at radius 2 is 2.20 bits per heavy atom. The van der Waals surface area contributed by atoms with Gasteiger partial charge in [0.15, 0.2) is 0 Å². The molecule has 0 aromatic carbocycles. The fourth-order valence-electron chi connectivity index (χ4n) is 2.78. The number of likely N-dealkylation sites (N-methyl/N-ethyl adjacent to an activating group) is 1. The maximum absolute atomic E-state index is 5.41. The molecule has 0 unspecified atom stereocenters. The lowest BCUT2D eigenvalue weighted by Crippen LogP contribution is -2.46. The van der Waals surface area contributed by atoms with Gasteiger partial charge < -0.3 is 14.6 Å². The first-order valence-electron chi connectivity index (χ1n) is 7.06. The van der Waals surface area contributed by atoms with Gasteiger partial charge in [0.2, 0.25) is 0 Å². The number of aromatic nitrogens is 3. The Balaban J connectivity index is 1.72. The highest BCUT2D eigenvalue weighted by atomic mass is 16.5. The maximum Gasteiger partial charge on any atom is 0.142 e. The van der Waals surface area contributed by atoms with Gasteiger partial charge >= 0.3 is 0 Å². The molecule has 3 heterocycles. The molecule has 1 aliphatic heterocycles. The van der Waals surface area contributed by atoms with E-state index in [4.69, 9.17) is 4.74 Å². The summed E-state index contributed by atoms with van der Waals surface area (Å²) >= 11 is 0. The first kappa shape index (κ1) is 13.3. The summed E-state index contributed by atoms with van der Waals surface area (Å²) in [6.45, 7) is 6.90. The third-order valence-electron chi connectivity index (χ3n) is 3.90. The SMILES string of the molecule is C[C@H](CN(C)c1ncnc2[nH]ccc12)N1CCOCC1. The van der Waals surface area contributed by atoms with Crippen molar-refractivity contribution in [2.45, 2.75) is 13.0 Å². The van der Waals surface area contributed by atoms with Gasteiger partial charge in [-0.2, -0.15) is 0 Å². The predicted molar refractivity (Wildman–Crippen MR) is 79.0 cm³/mol. The number of hydrogen-bond donors (Lipinski definition) is 1. The number of anilines is 1. The second-order valence-electron chi connectivity index (χ2n) is 5.32. The molecule has 1 atom stereocenters. The second kappa shape index (κ2) is 5.76. The average molecular weight is 275 g/mol. The minimum atomic E-state index is 0.479. The maximum atomic E-state index is 5.41. The molecule has 0 saturated carbocycles. The Bertz CT molecular complexity index is 563. The lowest BCUT2D eigenvalue weighted by atomic mass is 10.2. The van der Waals surface area contributed by atoms with Crippen LogP contribution in [0, 0.1) is 0 Å². The van der Waals surface area contributed by atoms with Gasteiger partial charge in [-0.1, -0.05) is 0 Å². The van der Waals surface area contributed by atoms with Gasteiger partial charge in [-0.05, 0) is 13.0 Å². The van der Waals surface area contributed by atoms with Gasteiger partial charge in [-0.3, -0.25) is 4.90 Å². The van der Waals surface area contributed by atoms with E-state index in [0.29, 0.717) is 6.04 Å². The number of nitrogens with one attached hydrogen (secondary N) is 1. The summed E-state index contributed by atoms with van der Waals surface area (Å²) in [5.41, 5.74) is 0.890. The minimum absolute atomic E-state index is 0.479. The number of rotatable bonds is 4. The fourth-order valence-corrected chi connectivity index (χ4v) is 2.78. The number of hydrogen-bond acceptors (Lipinski definition) is 5.